The largest absolute Gasteiger partial charge is 0.298 e. The van der Waals surface area contributed by atoms with Crippen LogP contribution in [0.2, 0.25) is 0 Å². The Hall–Kier alpha value is -0.910. The Morgan fingerprint density at radius 3 is 3.08 bits per heavy atom. The molecule has 0 saturated heterocycles. The van der Waals surface area contributed by atoms with Crippen molar-refractivity contribution in [1.29, 1.82) is 0 Å². The van der Waals surface area contributed by atoms with Gasteiger partial charge in [0.05, 0.1) is 12.3 Å². The summed E-state index contributed by atoms with van der Waals surface area (Å²) in [4.78, 5) is 26.6. The first-order valence-electron chi connectivity index (χ1n) is 3.51. The van der Waals surface area contributed by atoms with Crippen LogP contribution in [0.25, 0.3) is 0 Å². The predicted octanol–water partition coefficient (Wildman–Crippen LogP) is 0.662. The van der Waals surface area contributed by atoms with Crippen molar-refractivity contribution in [3.8, 4) is 0 Å². The Bertz CT molecular complexity index is 229. The van der Waals surface area contributed by atoms with Gasteiger partial charge >= 0.3 is 0 Å². The summed E-state index contributed by atoms with van der Waals surface area (Å²) in [6, 6.07) is 0. The van der Waals surface area contributed by atoms with Crippen LogP contribution < -0.4 is 0 Å². The molecule has 66 valence electrons. The molecule has 0 aromatic heterocycles. The second kappa shape index (κ2) is 4.20. The summed E-state index contributed by atoms with van der Waals surface area (Å²) in [5, 5.41) is 0. The minimum absolute atomic E-state index is 0.0987. The zero-order valence-corrected chi connectivity index (χ0v) is 7.50. The van der Waals surface area contributed by atoms with Crippen molar-refractivity contribution in [2.45, 2.75) is 6.92 Å². The summed E-state index contributed by atoms with van der Waals surface area (Å²) >= 11 is 0.728. The number of hydrogen-bond donors (Lipinski definition) is 0. The molecule has 0 bridgehead atoms. The summed E-state index contributed by atoms with van der Waals surface area (Å²) < 4.78 is 2.55. The fraction of sp³-hybridized carbons (Fsp3) is 0.667. The molecule has 0 radical (unpaired) electrons. The zero-order chi connectivity index (χ0) is 8.97. The van der Waals surface area contributed by atoms with Crippen molar-refractivity contribution in [3.05, 3.63) is 4.91 Å². The molecule has 0 aliphatic carbocycles. The third-order valence-corrected chi connectivity index (χ3v) is 2.08. The molecular formula is C6H9N3O2S. The molecule has 5 nitrogen and oxygen atoms in total. The number of hydrogen-bond acceptors (Lipinski definition) is 5. The molecule has 0 aromatic carbocycles. The highest BCUT2D eigenvalue weighted by Gasteiger charge is 2.19. The molecule has 0 atom stereocenters. The van der Waals surface area contributed by atoms with Gasteiger partial charge in [-0.25, -0.2) is 0 Å². The van der Waals surface area contributed by atoms with Gasteiger partial charge < -0.3 is 0 Å². The highest BCUT2D eigenvalue weighted by atomic mass is 32.2. The Kier molecular flexibility index (Phi) is 3.21. The van der Waals surface area contributed by atoms with Crippen LogP contribution in [-0.4, -0.2) is 35.5 Å². The van der Waals surface area contributed by atoms with E-state index in [0.29, 0.717) is 13.1 Å². The molecule has 0 saturated carbocycles. The Balaban J connectivity index is 2.42. The fourth-order valence-electron chi connectivity index (χ4n) is 1.02. The molecule has 0 N–H and O–H groups in total. The first-order valence-corrected chi connectivity index (χ1v) is 4.46. The molecule has 0 unspecified atom stereocenters. The van der Waals surface area contributed by atoms with Crippen molar-refractivity contribution < 1.29 is 4.79 Å². The number of amidine groups is 1. The molecular weight excluding hydrogens is 178 g/mol. The first kappa shape index (κ1) is 9.18. The van der Waals surface area contributed by atoms with Crippen molar-refractivity contribution in [1.82, 2.24) is 4.90 Å². The van der Waals surface area contributed by atoms with Gasteiger partial charge in [-0.1, -0.05) is 0 Å². The number of nitrogens with zero attached hydrogens (tertiary/aromatic N) is 3. The second-order valence-corrected chi connectivity index (χ2v) is 3.02. The maximum atomic E-state index is 11.2. The minimum atomic E-state index is -0.0987. The summed E-state index contributed by atoms with van der Waals surface area (Å²) in [6.07, 6.45) is 0. The lowest BCUT2D eigenvalue weighted by Gasteiger charge is -2.13. The topological polar surface area (TPSA) is 62.1 Å². The molecule has 6 heteroatoms. The maximum Gasteiger partial charge on any atom is 0.239 e. The number of amides is 1. The molecule has 1 rings (SSSR count). The van der Waals surface area contributed by atoms with E-state index in [1.54, 1.807) is 11.8 Å². The average Bonchev–Trinajstić information content (AvgIpc) is 2.47. The van der Waals surface area contributed by atoms with Gasteiger partial charge in [0.2, 0.25) is 5.91 Å². The van der Waals surface area contributed by atoms with Gasteiger partial charge in [-0.3, -0.25) is 14.7 Å². The van der Waals surface area contributed by atoms with Crippen molar-refractivity contribution >= 4 is 23.7 Å². The molecule has 1 aliphatic heterocycles. The molecule has 1 heterocycles. The van der Waals surface area contributed by atoms with Crippen LogP contribution >= 0.6 is 11.9 Å². The van der Waals surface area contributed by atoms with E-state index in [2.05, 4.69) is 9.57 Å². The lowest BCUT2D eigenvalue weighted by atomic mass is 10.5. The number of carbonyl (C=O) groups is 1. The second-order valence-electron chi connectivity index (χ2n) is 2.32. The summed E-state index contributed by atoms with van der Waals surface area (Å²) in [5.74, 6) is 0.737. The van der Waals surface area contributed by atoms with Crippen LogP contribution in [0, 0.1) is 4.91 Å². The van der Waals surface area contributed by atoms with E-state index in [0.717, 1.165) is 17.8 Å². The summed E-state index contributed by atoms with van der Waals surface area (Å²) in [5.41, 5.74) is 0. The SMILES string of the molecule is CC1=NCCN1C(=O)CSN=O. The van der Waals surface area contributed by atoms with E-state index in [9.17, 15) is 9.70 Å². The van der Waals surface area contributed by atoms with Gasteiger partial charge in [0.25, 0.3) is 0 Å². The van der Waals surface area contributed by atoms with Crippen LogP contribution in [0.5, 0.6) is 0 Å². The van der Waals surface area contributed by atoms with Gasteiger partial charge in [0.15, 0.2) is 0 Å². The smallest absolute Gasteiger partial charge is 0.239 e. The van der Waals surface area contributed by atoms with Crippen LogP contribution in [0.15, 0.2) is 9.57 Å². The van der Waals surface area contributed by atoms with Crippen LogP contribution in [0.4, 0.5) is 0 Å². The highest BCUT2D eigenvalue weighted by Crippen LogP contribution is 2.07. The van der Waals surface area contributed by atoms with E-state index in [4.69, 9.17) is 0 Å². The lowest BCUT2D eigenvalue weighted by Crippen LogP contribution is -2.33. The van der Waals surface area contributed by atoms with Crippen LogP contribution in [0.3, 0.4) is 0 Å². The number of nitroso groups, excluding NO2 is 1. The molecule has 1 amide bonds. The average molecular weight is 187 g/mol. The lowest BCUT2D eigenvalue weighted by molar-refractivity contribution is -0.124. The Morgan fingerprint density at radius 2 is 2.58 bits per heavy atom. The quantitative estimate of drug-likeness (QED) is 0.481. The molecule has 12 heavy (non-hydrogen) atoms. The fourth-order valence-corrected chi connectivity index (χ4v) is 1.34. The first-order chi connectivity index (χ1) is 5.75. The van der Waals surface area contributed by atoms with E-state index < -0.39 is 0 Å². The monoisotopic (exact) mass is 187 g/mol. The van der Waals surface area contributed by atoms with E-state index in [-0.39, 0.29) is 11.7 Å². The zero-order valence-electron chi connectivity index (χ0n) is 6.69. The molecule has 0 spiro atoms. The van der Waals surface area contributed by atoms with E-state index in [1.165, 1.54) is 0 Å². The van der Waals surface area contributed by atoms with Crippen molar-refractivity contribution in [3.63, 3.8) is 0 Å². The standard InChI is InChI=1S/C6H9N3O2S/c1-5-7-2-3-9(5)6(10)4-12-8-11/h2-4H2,1H3. The van der Waals surface area contributed by atoms with E-state index in [1.807, 2.05) is 0 Å². The van der Waals surface area contributed by atoms with E-state index >= 15 is 0 Å². The molecule has 1 aliphatic rings. The third kappa shape index (κ3) is 2.04. The highest BCUT2D eigenvalue weighted by molar-refractivity contribution is 7.98. The predicted molar refractivity (Wildman–Crippen MR) is 47.9 cm³/mol. The Morgan fingerprint density at radius 1 is 1.83 bits per heavy atom. The normalized spacial score (nSPS) is 16.1. The molecule has 0 aromatic rings. The van der Waals surface area contributed by atoms with Gasteiger partial charge in [-0.05, 0) is 6.92 Å². The summed E-state index contributed by atoms with van der Waals surface area (Å²) in [7, 11) is 0. The number of carbonyl (C=O) groups excluding carboxylic acids is 1. The van der Waals surface area contributed by atoms with Crippen LogP contribution in [-0.2, 0) is 4.79 Å². The minimum Gasteiger partial charge on any atom is -0.298 e. The van der Waals surface area contributed by atoms with Gasteiger partial charge in [0, 0.05) is 23.1 Å². The summed E-state index contributed by atoms with van der Waals surface area (Å²) in [6.45, 7) is 3.07. The van der Waals surface area contributed by atoms with Crippen molar-refractivity contribution in [2.75, 3.05) is 18.8 Å². The van der Waals surface area contributed by atoms with Gasteiger partial charge in [-0.2, -0.15) is 0 Å². The maximum absolute atomic E-state index is 11.2. The number of aliphatic imine (C=N–C) groups is 1. The van der Waals surface area contributed by atoms with Gasteiger partial charge in [-0.15, -0.1) is 4.91 Å². The van der Waals surface area contributed by atoms with Gasteiger partial charge in [0.1, 0.15) is 5.84 Å². The Labute approximate surface area is 74.3 Å². The third-order valence-electron chi connectivity index (χ3n) is 1.60. The molecule has 0 fully saturated rings. The number of rotatable bonds is 3. The van der Waals surface area contributed by atoms with Crippen LogP contribution in [0.1, 0.15) is 6.92 Å². The van der Waals surface area contributed by atoms with Crippen molar-refractivity contribution in [2.24, 2.45) is 9.57 Å².